The largest absolute Gasteiger partial charge is 0.468 e. The van der Waals surface area contributed by atoms with Gasteiger partial charge in [0.15, 0.2) is 0 Å². The first-order valence-corrected chi connectivity index (χ1v) is 6.60. The molecule has 0 bridgehead atoms. The Morgan fingerprint density at radius 1 is 1.41 bits per heavy atom. The molecule has 0 saturated carbocycles. The van der Waals surface area contributed by atoms with Crippen LogP contribution in [0.1, 0.15) is 11.3 Å². The van der Waals surface area contributed by atoms with Crippen molar-refractivity contribution >= 4 is 11.7 Å². The first-order chi connectivity index (χ1) is 10.4. The van der Waals surface area contributed by atoms with Gasteiger partial charge in [-0.2, -0.15) is 0 Å². The Balaban J connectivity index is 2.29. The van der Waals surface area contributed by atoms with E-state index in [1.165, 1.54) is 13.2 Å². The maximum atomic E-state index is 11.3. The second kappa shape index (κ2) is 6.40. The summed E-state index contributed by atoms with van der Waals surface area (Å²) < 4.78 is 10.1. The molecule has 0 amide bonds. The zero-order chi connectivity index (χ0) is 16.3. The lowest BCUT2D eigenvalue weighted by Gasteiger charge is -2.06. The number of rotatable bonds is 5. The van der Waals surface area contributed by atoms with Crippen LogP contribution in [0.15, 0.2) is 34.7 Å². The molecule has 116 valence electrons. The van der Waals surface area contributed by atoms with Gasteiger partial charge in [0.25, 0.3) is 5.69 Å². The molecule has 7 nitrogen and oxygen atoms in total. The van der Waals surface area contributed by atoms with Gasteiger partial charge in [-0.15, -0.1) is 0 Å². The predicted molar refractivity (Wildman–Crippen MR) is 79.2 cm³/mol. The number of methoxy groups -OCH3 is 1. The van der Waals surface area contributed by atoms with Crippen molar-refractivity contribution in [3.8, 4) is 11.3 Å². The van der Waals surface area contributed by atoms with E-state index in [2.05, 4.69) is 4.74 Å². The summed E-state index contributed by atoms with van der Waals surface area (Å²) in [7, 11) is 1.26. The standard InChI is InChI=1S/C15H16N2O5/c1-9-3-5-11(13(7-9)17(19)20)14-6-4-10(22-14)8-12(16)15(18)21-2/h3-7,12H,8,16H2,1-2H3. The van der Waals surface area contributed by atoms with E-state index in [0.29, 0.717) is 17.1 Å². The van der Waals surface area contributed by atoms with Crippen molar-refractivity contribution in [2.75, 3.05) is 7.11 Å². The molecule has 22 heavy (non-hydrogen) atoms. The van der Waals surface area contributed by atoms with Crippen LogP contribution < -0.4 is 5.73 Å². The summed E-state index contributed by atoms with van der Waals surface area (Å²) in [4.78, 5) is 22.0. The second-order valence-electron chi connectivity index (χ2n) is 4.88. The minimum absolute atomic E-state index is 0.0295. The molecule has 1 heterocycles. The molecule has 2 aromatic rings. The van der Waals surface area contributed by atoms with Crippen LogP contribution in [-0.4, -0.2) is 24.0 Å². The molecule has 1 unspecified atom stereocenters. The lowest BCUT2D eigenvalue weighted by molar-refractivity contribution is -0.384. The van der Waals surface area contributed by atoms with Gasteiger partial charge in [-0.05, 0) is 30.7 Å². The maximum Gasteiger partial charge on any atom is 0.323 e. The number of nitrogens with zero attached hydrogens (tertiary/aromatic N) is 1. The van der Waals surface area contributed by atoms with Gasteiger partial charge in [0, 0.05) is 12.5 Å². The molecule has 1 atom stereocenters. The summed E-state index contributed by atoms with van der Waals surface area (Å²) in [6.45, 7) is 1.78. The number of carbonyl (C=O) groups excluding carboxylic acids is 1. The minimum Gasteiger partial charge on any atom is -0.468 e. The molecule has 0 aliphatic heterocycles. The van der Waals surface area contributed by atoms with Crippen LogP contribution in [0.2, 0.25) is 0 Å². The highest BCUT2D eigenvalue weighted by Gasteiger charge is 2.20. The minimum atomic E-state index is -0.836. The van der Waals surface area contributed by atoms with E-state index in [1.807, 2.05) is 0 Å². The molecule has 2 rings (SSSR count). The number of aryl methyl sites for hydroxylation is 1. The zero-order valence-corrected chi connectivity index (χ0v) is 12.2. The number of hydrogen-bond donors (Lipinski definition) is 1. The van der Waals surface area contributed by atoms with Crippen molar-refractivity contribution in [1.29, 1.82) is 0 Å². The smallest absolute Gasteiger partial charge is 0.323 e. The summed E-state index contributed by atoms with van der Waals surface area (Å²) in [5.74, 6) is 0.279. The van der Waals surface area contributed by atoms with Crippen LogP contribution in [0.5, 0.6) is 0 Å². The van der Waals surface area contributed by atoms with Crippen LogP contribution in [0.25, 0.3) is 11.3 Å². The molecule has 0 spiro atoms. The summed E-state index contributed by atoms with van der Waals surface area (Å²) in [6.07, 6.45) is 0.159. The molecule has 0 aliphatic carbocycles. The molecule has 0 aliphatic rings. The van der Waals surface area contributed by atoms with E-state index < -0.39 is 16.9 Å². The fraction of sp³-hybridized carbons (Fsp3) is 0.267. The van der Waals surface area contributed by atoms with Gasteiger partial charge >= 0.3 is 5.97 Å². The first-order valence-electron chi connectivity index (χ1n) is 6.60. The van der Waals surface area contributed by atoms with E-state index in [-0.39, 0.29) is 12.1 Å². The van der Waals surface area contributed by atoms with Gasteiger partial charge in [0.2, 0.25) is 0 Å². The highest BCUT2D eigenvalue weighted by Crippen LogP contribution is 2.32. The van der Waals surface area contributed by atoms with Gasteiger partial charge in [0.1, 0.15) is 17.6 Å². The molecule has 2 N–H and O–H groups in total. The third kappa shape index (κ3) is 3.32. The van der Waals surface area contributed by atoms with Crippen LogP contribution >= 0.6 is 0 Å². The van der Waals surface area contributed by atoms with Gasteiger partial charge in [-0.1, -0.05) is 6.07 Å². The van der Waals surface area contributed by atoms with E-state index >= 15 is 0 Å². The number of ether oxygens (including phenoxy) is 1. The van der Waals surface area contributed by atoms with Crippen molar-refractivity contribution in [2.24, 2.45) is 5.73 Å². The lowest BCUT2D eigenvalue weighted by atomic mass is 10.1. The van der Waals surface area contributed by atoms with Crippen LogP contribution in [0.4, 0.5) is 5.69 Å². The van der Waals surface area contributed by atoms with E-state index in [0.717, 1.165) is 5.56 Å². The van der Waals surface area contributed by atoms with Crippen molar-refractivity contribution < 1.29 is 18.9 Å². The number of furan rings is 1. The van der Waals surface area contributed by atoms with Crippen LogP contribution in [0, 0.1) is 17.0 Å². The second-order valence-corrected chi connectivity index (χ2v) is 4.88. The molecule has 7 heteroatoms. The normalized spacial score (nSPS) is 12.0. The molecule has 1 aromatic carbocycles. The summed E-state index contributed by atoms with van der Waals surface area (Å²) in [5.41, 5.74) is 6.80. The van der Waals surface area contributed by atoms with Crippen molar-refractivity contribution in [3.63, 3.8) is 0 Å². The number of nitro benzene ring substituents is 1. The van der Waals surface area contributed by atoms with Crippen molar-refractivity contribution in [1.82, 2.24) is 0 Å². The summed E-state index contributed by atoms with van der Waals surface area (Å²) in [6, 6.07) is 7.31. The Kier molecular flexibility index (Phi) is 4.57. The fourth-order valence-electron chi connectivity index (χ4n) is 2.08. The van der Waals surface area contributed by atoms with E-state index in [1.54, 1.807) is 31.2 Å². The maximum absolute atomic E-state index is 11.3. The van der Waals surface area contributed by atoms with Crippen molar-refractivity contribution in [2.45, 2.75) is 19.4 Å². The Morgan fingerprint density at radius 3 is 2.77 bits per heavy atom. The average Bonchev–Trinajstić information content (AvgIpc) is 2.94. The molecular weight excluding hydrogens is 288 g/mol. The molecule has 1 aromatic heterocycles. The summed E-state index contributed by atoms with van der Waals surface area (Å²) >= 11 is 0. The summed E-state index contributed by atoms with van der Waals surface area (Å²) in [5, 5.41) is 11.1. The Labute approximate surface area is 126 Å². The zero-order valence-electron chi connectivity index (χ0n) is 12.2. The Bertz CT molecular complexity index is 708. The third-order valence-corrected chi connectivity index (χ3v) is 3.20. The highest BCUT2D eigenvalue weighted by atomic mass is 16.6. The van der Waals surface area contributed by atoms with Crippen LogP contribution in [-0.2, 0) is 16.0 Å². The SMILES string of the molecule is COC(=O)C(N)Cc1ccc(-c2ccc(C)cc2[N+](=O)[O-])o1. The van der Waals surface area contributed by atoms with Gasteiger partial charge in [-0.25, -0.2) is 0 Å². The molecule has 0 radical (unpaired) electrons. The molecule has 0 fully saturated rings. The Morgan fingerprint density at radius 2 is 2.14 bits per heavy atom. The van der Waals surface area contributed by atoms with E-state index in [4.69, 9.17) is 10.2 Å². The van der Waals surface area contributed by atoms with E-state index in [9.17, 15) is 14.9 Å². The van der Waals surface area contributed by atoms with Gasteiger partial charge < -0.3 is 14.9 Å². The number of nitro groups is 1. The lowest BCUT2D eigenvalue weighted by Crippen LogP contribution is -2.33. The highest BCUT2D eigenvalue weighted by molar-refractivity contribution is 5.75. The fourth-order valence-corrected chi connectivity index (χ4v) is 2.08. The van der Waals surface area contributed by atoms with Gasteiger partial charge in [-0.3, -0.25) is 14.9 Å². The number of esters is 1. The third-order valence-electron chi connectivity index (χ3n) is 3.20. The monoisotopic (exact) mass is 304 g/mol. The molecular formula is C15H16N2O5. The topological polar surface area (TPSA) is 109 Å². The van der Waals surface area contributed by atoms with Crippen LogP contribution in [0.3, 0.4) is 0 Å². The number of nitrogens with two attached hydrogens (primary N) is 1. The molecule has 0 saturated heterocycles. The number of carbonyl (C=O) groups is 1. The predicted octanol–water partition coefficient (Wildman–Crippen LogP) is 2.21. The average molecular weight is 304 g/mol. The Hall–Kier alpha value is -2.67. The quantitative estimate of drug-likeness (QED) is 0.515. The number of hydrogen-bond acceptors (Lipinski definition) is 6. The van der Waals surface area contributed by atoms with Crippen molar-refractivity contribution in [3.05, 3.63) is 51.8 Å². The number of benzene rings is 1. The van der Waals surface area contributed by atoms with Gasteiger partial charge in [0.05, 0.1) is 17.6 Å². The first kappa shape index (κ1) is 15.7.